The summed E-state index contributed by atoms with van der Waals surface area (Å²) in [7, 11) is 1.76. The highest BCUT2D eigenvalue weighted by molar-refractivity contribution is 5.80. The number of rotatable bonds is 3. The number of hydrogen-bond donors (Lipinski definition) is 0. The van der Waals surface area contributed by atoms with Crippen LogP contribution in [-0.2, 0) is 11.2 Å². The Morgan fingerprint density at radius 2 is 1.92 bits per heavy atom. The predicted octanol–water partition coefficient (Wildman–Crippen LogP) is 5.30. The summed E-state index contributed by atoms with van der Waals surface area (Å²) in [4.78, 5) is 11.8. The average molecular weight is 322 g/mol. The zero-order chi connectivity index (χ0) is 17.4. The fraction of sp³-hybridized carbons (Fsp3) is 0.409. The number of fused-ring (bicyclic) bond motifs is 3. The van der Waals surface area contributed by atoms with Crippen molar-refractivity contribution in [3.63, 3.8) is 0 Å². The van der Waals surface area contributed by atoms with Gasteiger partial charge < -0.3 is 9.53 Å². The van der Waals surface area contributed by atoms with Crippen LogP contribution in [0.3, 0.4) is 0 Å². The van der Waals surface area contributed by atoms with Gasteiger partial charge in [-0.15, -0.1) is 0 Å². The molecule has 1 aliphatic rings. The van der Waals surface area contributed by atoms with E-state index in [0.717, 1.165) is 18.6 Å². The number of methoxy groups -OCH3 is 1. The molecule has 2 aromatic rings. The van der Waals surface area contributed by atoms with E-state index in [-0.39, 0.29) is 11.7 Å². The number of ether oxygens (including phenoxy) is 1. The molecule has 1 aliphatic carbocycles. The molecule has 2 heteroatoms. The van der Waals surface area contributed by atoms with Gasteiger partial charge in [-0.1, -0.05) is 29.8 Å². The molecule has 24 heavy (non-hydrogen) atoms. The van der Waals surface area contributed by atoms with Crippen molar-refractivity contribution in [2.75, 3.05) is 7.11 Å². The van der Waals surface area contributed by atoms with Crippen molar-refractivity contribution < 1.29 is 9.53 Å². The minimum absolute atomic E-state index is 0.262. The summed E-state index contributed by atoms with van der Waals surface area (Å²) >= 11 is 0. The van der Waals surface area contributed by atoms with Gasteiger partial charge in [0.25, 0.3) is 0 Å². The summed E-state index contributed by atoms with van der Waals surface area (Å²) in [6.07, 6.45) is 2.55. The van der Waals surface area contributed by atoms with Gasteiger partial charge in [-0.3, -0.25) is 0 Å². The molecule has 0 N–H and O–H groups in total. The van der Waals surface area contributed by atoms with Crippen LogP contribution in [0.4, 0.5) is 0 Å². The van der Waals surface area contributed by atoms with E-state index in [2.05, 4.69) is 45.0 Å². The number of benzene rings is 2. The zero-order valence-corrected chi connectivity index (χ0v) is 15.3. The van der Waals surface area contributed by atoms with Gasteiger partial charge in [0.2, 0.25) is 0 Å². The molecule has 1 atom stereocenters. The Labute approximate surface area is 144 Å². The minimum atomic E-state index is 0.262. The third kappa shape index (κ3) is 2.86. The lowest BCUT2D eigenvalue weighted by atomic mass is 9.86. The maximum Gasteiger partial charge on any atom is 0.130 e. The van der Waals surface area contributed by atoms with Crippen molar-refractivity contribution in [2.24, 2.45) is 0 Å². The molecule has 3 rings (SSSR count). The molecule has 0 fully saturated rings. The monoisotopic (exact) mass is 322 g/mol. The van der Waals surface area contributed by atoms with E-state index in [1.807, 2.05) is 0 Å². The predicted molar refractivity (Wildman–Crippen MR) is 99.0 cm³/mol. The van der Waals surface area contributed by atoms with E-state index in [9.17, 15) is 4.79 Å². The highest BCUT2D eigenvalue weighted by atomic mass is 16.5. The Morgan fingerprint density at radius 1 is 1.17 bits per heavy atom. The van der Waals surface area contributed by atoms with Crippen LogP contribution in [0.15, 0.2) is 24.3 Å². The van der Waals surface area contributed by atoms with E-state index in [0.29, 0.717) is 6.42 Å². The van der Waals surface area contributed by atoms with Crippen LogP contribution >= 0.6 is 0 Å². The topological polar surface area (TPSA) is 26.3 Å². The number of hydrogen-bond acceptors (Lipinski definition) is 2. The van der Waals surface area contributed by atoms with E-state index in [4.69, 9.17) is 4.74 Å². The molecule has 126 valence electrons. The fourth-order valence-corrected chi connectivity index (χ4v) is 4.00. The van der Waals surface area contributed by atoms with Gasteiger partial charge in [-0.2, -0.15) is 0 Å². The van der Waals surface area contributed by atoms with Gasteiger partial charge in [-0.05, 0) is 74.3 Å². The van der Waals surface area contributed by atoms with Crippen molar-refractivity contribution in [1.82, 2.24) is 0 Å². The molecule has 2 aromatic carbocycles. The van der Waals surface area contributed by atoms with Crippen LogP contribution in [0.1, 0.15) is 53.5 Å². The second-order valence-corrected chi connectivity index (χ2v) is 7.11. The van der Waals surface area contributed by atoms with Gasteiger partial charge in [0.05, 0.1) is 7.11 Å². The molecule has 2 nitrogen and oxygen atoms in total. The van der Waals surface area contributed by atoms with Crippen LogP contribution < -0.4 is 4.74 Å². The van der Waals surface area contributed by atoms with Crippen LogP contribution in [-0.4, -0.2) is 12.9 Å². The first-order valence-corrected chi connectivity index (χ1v) is 8.69. The second kappa shape index (κ2) is 6.43. The van der Waals surface area contributed by atoms with E-state index in [1.165, 1.54) is 38.9 Å². The van der Waals surface area contributed by atoms with E-state index >= 15 is 0 Å². The number of Topliss-reactive ketones (excluding diaryl/α,β-unsaturated/α-hetero) is 1. The largest absolute Gasteiger partial charge is 0.496 e. The molecule has 0 amide bonds. The molecule has 0 aliphatic heterocycles. The third-order valence-electron chi connectivity index (χ3n) is 5.31. The molecule has 0 radical (unpaired) electrons. The Hall–Kier alpha value is -2.09. The minimum Gasteiger partial charge on any atom is -0.496 e. The summed E-state index contributed by atoms with van der Waals surface area (Å²) < 4.78 is 5.77. The molecule has 0 bridgehead atoms. The maximum absolute atomic E-state index is 11.8. The number of aryl methyl sites for hydroxylation is 2. The summed E-state index contributed by atoms with van der Waals surface area (Å²) in [5.41, 5.74) is 8.86. The summed E-state index contributed by atoms with van der Waals surface area (Å²) in [6.45, 7) is 8.09. The fourth-order valence-electron chi connectivity index (χ4n) is 4.00. The van der Waals surface area contributed by atoms with E-state index in [1.54, 1.807) is 14.0 Å². The molecule has 0 saturated carbocycles. The smallest absolute Gasteiger partial charge is 0.130 e. The number of carbonyl (C=O) groups is 1. The molecular formula is C22H26O2. The second-order valence-electron chi connectivity index (χ2n) is 7.11. The summed E-state index contributed by atoms with van der Waals surface area (Å²) in [5.74, 6) is 1.56. The van der Waals surface area contributed by atoms with Gasteiger partial charge in [0.15, 0.2) is 0 Å². The summed E-state index contributed by atoms with van der Waals surface area (Å²) in [5, 5.41) is 0. The first kappa shape index (κ1) is 16.8. The lowest BCUT2D eigenvalue weighted by Crippen LogP contribution is -2.05. The zero-order valence-electron chi connectivity index (χ0n) is 15.3. The van der Waals surface area contributed by atoms with Crippen LogP contribution in [0, 0.1) is 20.8 Å². The Kier molecular flexibility index (Phi) is 4.49. The van der Waals surface area contributed by atoms with Gasteiger partial charge in [0.1, 0.15) is 11.5 Å². The average Bonchev–Trinajstić information content (AvgIpc) is 2.66. The molecule has 0 saturated heterocycles. The molecule has 0 heterocycles. The number of ketones is 1. The van der Waals surface area contributed by atoms with Gasteiger partial charge in [0, 0.05) is 12.0 Å². The third-order valence-corrected chi connectivity index (χ3v) is 5.31. The lowest BCUT2D eigenvalue weighted by molar-refractivity contribution is -0.117. The number of carbonyl (C=O) groups excluding carboxylic acids is 1. The lowest BCUT2D eigenvalue weighted by Gasteiger charge is -2.18. The van der Waals surface area contributed by atoms with Crippen molar-refractivity contribution in [3.05, 3.63) is 52.1 Å². The van der Waals surface area contributed by atoms with Crippen LogP contribution in [0.5, 0.6) is 5.75 Å². The first-order valence-electron chi connectivity index (χ1n) is 8.69. The van der Waals surface area contributed by atoms with E-state index < -0.39 is 0 Å². The van der Waals surface area contributed by atoms with Crippen molar-refractivity contribution in [1.29, 1.82) is 0 Å². The first-order chi connectivity index (χ1) is 11.4. The van der Waals surface area contributed by atoms with Crippen LogP contribution in [0.25, 0.3) is 11.1 Å². The Bertz CT molecular complexity index is 802. The quantitative estimate of drug-likeness (QED) is 0.767. The van der Waals surface area contributed by atoms with Gasteiger partial charge >= 0.3 is 0 Å². The van der Waals surface area contributed by atoms with Crippen molar-refractivity contribution >= 4 is 5.78 Å². The molecule has 0 spiro atoms. The maximum atomic E-state index is 11.8. The van der Waals surface area contributed by atoms with Gasteiger partial charge in [-0.25, -0.2) is 0 Å². The Morgan fingerprint density at radius 3 is 2.58 bits per heavy atom. The molecule has 0 unspecified atom stereocenters. The normalized spacial score (nSPS) is 16.1. The van der Waals surface area contributed by atoms with Crippen LogP contribution in [0.2, 0.25) is 0 Å². The SMILES string of the molecule is COc1c(C)c(C)cc2c1CC[C@H](CC(C)=O)c1cc(C)ccc1-2. The molecular weight excluding hydrogens is 296 g/mol. The summed E-state index contributed by atoms with van der Waals surface area (Å²) in [6, 6.07) is 8.94. The highest BCUT2D eigenvalue weighted by Crippen LogP contribution is 2.44. The van der Waals surface area contributed by atoms with Crippen molar-refractivity contribution in [3.8, 4) is 16.9 Å². The standard InChI is InChI=1S/C22H26O2/c1-13-6-8-18-20(10-13)17(12-15(3)23)7-9-19-21(18)11-14(2)16(4)22(19)24-5/h6,8,10-11,17H,7,9,12H2,1-5H3/t17-/m1/s1. The highest BCUT2D eigenvalue weighted by Gasteiger charge is 2.26. The van der Waals surface area contributed by atoms with Crippen molar-refractivity contribution in [2.45, 2.75) is 52.9 Å². The molecule has 0 aromatic heterocycles. The Balaban J connectivity index is 2.27.